The number of hydrogen-bond acceptors (Lipinski definition) is 1. The maximum Gasteiger partial charge on any atom is 0.255 e. The van der Waals surface area contributed by atoms with Crippen LogP contribution in [0.4, 0.5) is 0 Å². The van der Waals surface area contributed by atoms with Crippen molar-refractivity contribution < 1.29 is 0 Å². The second-order valence-corrected chi connectivity index (χ2v) is 5.35. The van der Waals surface area contributed by atoms with Crippen LogP contribution < -0.4 is 5.56 Å². The van der Waals surface area contributed by atoms with Gasteiger partial charge in [-0.15, -0.1) is 0 Å². The van der Waals surface area contributed by atoms with Crippen LogP contribution in [0.1, 0.15) is 11.1 Å². The number of aromatic amines is 1. The van der Waals surface area contributed by atoms with Gasteiger partial charge in [-0.1, -0.05) is 60.2 Å². The van der Waals surface area contributed by atoms with Gasteiger partial charge in [0.2, 0.25) is 0 Å². The van der Waals surface area contributed by atoms with Gasteiger partial charge in [-0.25, -0.2) is 0 Å². The molecule has 2 aromatic carbocycles. The molecule has 0 unspecified atom stereocenters. The predicted molar refractivity (Wildman–Crippen MR) is 94.1 cm³/mol. The lowest BCUT2D eigenvalue weighted by molar-refractivity contribution is 1.29. The van der Waals surface area contributed by atoms with Crippen LogP contribution in [-0.4, -0.2) is 4.98 Å². The average molecular weight is 308 g/mol. The predicted octanol–water partition coefficient (Wildman–Crippen LogP) is 4.91. The lowest BCUT2D eigenvalue weighted by atomic mass is 10.1. The summed E-state index contributed by atoms with van der Waals surface area (Å²) >= 11 is 5.93. The molecule has 3 rings (SSSR count). The Labute approximate surface area is 133 Å². The van der Waals surface area contributed by atoms with Crippen LogP contribution in [0.2, 0.25) is 5.02 Å². The van der Waals surface area contributed by atoms with E-state index in [1.54, 1.807) is 6.08 Å². The largest absolute Gasteiger partial charge is 0.321 e. The molecule has 0 aliphatic rings. The number of H-pyrrole nitrogens is 1. The molecule has 0 saturated heterocycles. The lowest BCUT2D eigenvalue weighted by Gasteiger charge is -1.98. The van der Waals surface area contributed by atoms with Gasteiger partial charge in [0.25, 0.3) is 5.56 Å². The summed E-state index contributed by atoms with van der Waals surface area (Å²) in [6.07, 6.45) is 7.48. The van der Waals surface area contributed by atoms with E-state index >= 15 is 0 Å². The Kier molecular flexibility index (Phi) is 4.22. The monoisotopic (exact) mass is 307 g/mol. The minimum atomic E-state index is -0.0916. The van der Waals surface area contributed by atoms with Crippen LogP contribution in [0.25, 0.3) is 23.1 Å². The van der Waals surface area contributed by atoms with E-state index in [1.165, 1.54) is 0 Å². The zero-order chi connectivity index (χ0) is 15.4. The summed E-state index contributed by atoms with van der Waals surface area (Å²) in [5.41, 5.74) is 2.41. The van der Waals surface area contributed by atoms with Gasteiger partial charge in [0, 0.05) is 16.1 Å². The number of fused-ring (bicyclic) bond motifs is 1. The molecule has 0 aliphatic carbocycles. The quantitative estimate of drug-likeness (QED) is 0.685. The Bertz CT molecular complexity index is 922. The first-order valence-electron chi connectivity index (χ1n) is 6.95. The van der Waals surface area contributed by atoms with Gasteiger partial charge in [-0.2, -0.15) is 0 Å². The van der Waals surface area contributed by atoms with Crippen LogP contribution in [0.15, 0.2) is 71.5 Å². The van der Waals surface area contributed by atoms with E-state index in [-0.39, 0.29) is 5.56 Å². The third-order valence-corrected chi connectivity index (χ3v) is 3.54. The topological polar surface area (TPSA) is 32.9 Å². The van der Waals surface area contributed by atoms with E-state index in [9.17, 15) is 4.79 Å². The molecule has 0 radical (unpaired) electrons. The average Bonchev–Trinajstić information content (AvgIpc) is 2.52. The summed E-state index contributed by atoms with van der Waals surface area (Å²) < 4.78 is 0. The molecule has 0 fully saturated rings. The summed E-state index contributed by atoms with van der Waals surface area (Å²) in [6, 6.07) is 17.2. The fourth-order valence-corrected chi connectivity index (χ4v) is 2.42. The first-order valence-corrected chi connectivity index (χ1v) is 7.32. The highest BCUT2D eigenvalue weighted by Crippen LogP contribution is 2.13. The molecule has 1 heterocycles. The van der Waals surface area contributed by atoms with Crippen molar-refractivity contribution in [2.45, 2.75) is 0 Å². The van der Waals surface area contributed by atoms with E-state index in [1.807, 2.05) is 72.8 Å². The lowest BCUT2D eigenvalue weighted by Crippen LogP contribution is -2.08. The van der Waals surface area contributed by atoms with Crippen molar-refractivity contribution in [2.24, 2.45) is 0 Å². The fraction of sp³-hybridized carbons (Fsp3) is 0. The molecule has 22 heavy (non-hydrogen) atoms. The van der Waals surface area contributed by atoms with Crippen molar-refractivity contribution in [3.63, 3.8) is 0 Å². The zero-order valence-corrected chi connectivity index (χ0v) is 12.5. The summed E-state index contributed by atoms with van der Waals surface area (Å²) in [7, 11) is 0. The number of nitrogens with one attached hydrogen (secondary N) is 1. The highest BCUT2D eigenvalue weighted by atomic mass is 35.5. The van der Waals surface area contributed by atoms with Crippen LogP contribution in [0.3, 0.4) is 0 Å². The SMILES string of the molecule is O=c1[nH]c2ccccc2cc1/C=C/C=C/c1cccc(Cl)c1. The van der Waals surface area contributed by atoms with Gasteiger partial charge in [0.1, 0.15) is 0 Å². The number of aromatic nitrogens is 1. The van der Waals surface area contributed by atoms with E-state index in [0.717, 1.165) is 16.5 Å². The molecule has 108 valence electrons. The van der Waals surface area contributed by atoms with Gasteiger partial charge in [0.15, 0.2) is 0 Å². The van der Waals surface area contributed by atoms with Crippen molar-refractivity contribution >= 4 is 34.7 Å². The van der Waals surface area contributed by atoms with Crippen molar-refractivity contribution in [1.29, 1.82) is 0 Å². The number of pyridine rings is 1. The number of benzene rings is 2. The smallest absolute Gasteiger partial charge is 0.255 e. The normalized spacial score (nSPS) is 11.7. The molecule has 1 N–H and O–H groups in total. The Balaban J connectivity index is 1.83. The van der Waals surface area contributed by atoms with Gasteiger partial charge in [-0.05, 0) is 41.3 Å². The van der Waals surface area contributed by atoms with Crippen molar-refractivity contribution in [2.75, 3.05) is 0 Å². The second kappa shape index (κ2) is 6.46. The minimum absolute atomic E-state index is 0.0916. The van der Waals surface area contributed by atoms with Crippen LogP contribution in [0, 0.1) is 0 Å². The van der Waals surface area contributed by atoms with E-state index in [4.69, 9.17) is 11.6 Å². The van der Waals surface area contributed by atoms with Gasteiger partial charge in [-0.3, -0.25) is 4.79 Å². The van der Waals surface area contributed by atoms with E-state index in [2.05, 4.69) is 4.98 Å². The minimum Gasteiger partial charge on any atom is -0.321 e. The first kappa shape index (κ1) is 14.4. The molecule has 0 amide bonds. The number of halogens is 1. The Morgan fingerprint density at radius 3 is 2.59 bits per heavy atom. The van der Waals surface area contributed by atoms with Crippen molar-refractivity contribution in [3.8, 4) is 0 Å². The number of rotatable bonds is 3. The van der Waals surface area contributed by atoms with Gasteiger partial charge >= 0.3 is 0 Å². The molecule has 0 atom stereocenters. The standard InChI is InChI=1S/C19H14ClNO/c20-17-10-5-7-14(12-17)6-1-2-9-16-13-15-8-3-4-11-18(15)21-19(16)22/h1-13H,(H,21,22)/b6-1+,9-2+. The molecule has 0 bridgehead atoms. The highest BCUT2D eigenvalue weighted by Gasteiger charge is 1.98. The molecule has 0 aliphatic heterocycles. The second-order valence-electron chi connectivity index (χ2n) is 4.91. The van der Waals surface area contributed by atoms with Gasteiger partial charge in [0.05, 0.1) is 0 Å². The molecular weight excluding hydrogens is 294 g/mol. The summed E-state index contributed by atoms with van der Waals surface area (Å²) in [5.74, 6) is 0. The highest BCUT2D eigenvalue weighted by molar-refractivity contribution is 6.30. The van der Waals surface area contributed by atoms with Crippen molar-refractivity contribution in [3.05, 3.63) is 93.3 Å². The third-order valence-electron chi connectivity index (χ3n) is 3.31. The maximum atomic E-state index is 12.0. The Morgan fingerprint density at radius 1 is 0.909 bits per heavy atom. The number of allylic oxidation sites excluding steroid dienone is 2. The van der Waals surface area contributed by atoms with Gasteiger partial charge < -0.3 is 4.98 Å². The zero-order valence-electron chi connectivity index (χ0n) is 11.8. The van der Waals surface area contributed by atoms with E-state index < -0.39 is 0 Å². The first-order chi connectivity index (χ1) is 10.7. The Hall–Kier alpha value is -2.58. The maximum absolute atomic E-state index is 12.0. The number of para-hydroxylation sites is 1. The van der Waals surface area contributed by atoms with Crippen LogP contribution in [0.5, 0.6) is 0 Å². The molecular formula is C19H14ClNO. The molecule has 2 nitrogen and oxygen atoms in total. The number of hydrogen-bond donors (Lipinski definition) is 1. The summed E-state index contributed by atoms with van der Waals surface area (Å²) in [5, 5.41) is 1.72. The summed E-state index contributed by atoms with van der Waals surface area (Å²) in [4.78, 5) is 14.9. The fourth-order valence-electron chi connectivity index (χ4n) is 2.22. The summed E-state index contributed by atoms with van der Waals surface area (Å²) in [6.45, 7) is 0. The van der Waals surface area contributed by atoms with E-state index in [0.29, 0.717) is 10.6 Å². The molecule has 3 aromatic rings. The van der Waals surface area contributed by atoms with Crippen LogP contribution >= 0.6 is 11.6 Å². The molecule has 0 saturated carbocycles. The molecule has 3 heteroatoms. The van der Waals surface area contributed by atoms with Crippen LogP contribution in [-0.2, 0) is 0 Å². The molecule has 1 aromatic heterocycles. The Morgan fingerprint density at radius 2 is 1.73 bits per heavy atom. The van der Waals surface area contributed by atoms with Crippen molar-refractivity contribution in [1.82, 2.24) is 4.98 Å². The molecule has 0 spiro atoms. The third kappa shape index (κ3) is 3.35.